The fourth-order valence-electron chi connectivity index (χ4n) is 2.69. The highest BCUT2D eigenvalue weighted by atomic mass is 127. The van der Waals surface area contributed by atoms with Crippen LogP contribution in [-0.2, 0) is 12.0 Å². The SMILES string of the molecule is CCNC(=NCC1(O)CCc2ccccc21)NCC(C)C.I. The lowest BCUT2D eigenvalue weighted by Crippen LogP contribution is -2.40. The molecule has 0 saturated heterocycles. The first-order valence-electron chi connectivity index (χ1n) is 7.88. The molecule has 22 heavy (non-hydrogen) atoms. The van der Waals surface area contributed by atoms with Gasteiger partial charge in [-0.15, -0.1) is 24.0 Å². The maximum atomic E-state index is 10.9. The van der Waals surface area contributed by atoms with Gasteiger partial charge in [-0.3, -0.25) is 0 Å². The third kappa shape index (κ3) is 4.84. The van der Waals surface area contributed by atoms with Crippen LogP contribution in [0.15, 0.2) is 29.3 Å². The Hall–Kier alpha value is -0.820. The summed E-state index contributed by atoms with van der Waals surface area (Å²) in [6, 6.07) is 8.13. The molecule has 0 spiro atoms. The molecule has 0 bridgehead atoms. The number of hydrogen-bond acceptors (Lipinski definition) is 2. The van der Waals surface area contributed by atoms with Crippen molar-refractivity contribution in [2.45, 2.75) is 39.2 Å². The molecule has 1 aromatic rings. The molecule has 0 aromatic heterocycles. The molecule has 1 aliphatic carbocycles. The third-order valence-corrected chi connectivity index (χ3v) is 3.85. The second kappa shape index (κ2) is 8.72. The summed E-state index contributed by atoms with van der Waals surface area (Å²) in [5, 5.41) is 17.4. The second-order valence-corrected chi connectivity index (χ2v) is 6.16. The monoisotopic (exact) mass is 417 g/mol. The molecule has 1 atom stereocenters. The van der Waals surface area contributed by atoms with Gasteiger partial charge in [0, 0.05) is 13.1 Å². The van der Waals surface area contributed by atoms with Crippen molar-refractivity contribution in [2.24, 2.45) is 10.9 Å². The van der Waals surface area contributed by atoms with Crippen LogP contribution >= 0.6 is 24.0 Å². The number of guanidine groups is 1. The Labute approximate surface area is 150 Å². The molecule has 1 aliphatic rings. The lowest BCUT2D eigenvalue weighted by atomic mass is 9.96. The molecule has 4 nitrogen and oxygen atoms in total. The van der Waals surface area contributed by atoms with Crippen molar-refractivity contribution in [2.75, 3.05) is 19.6 Å². The fourth-order valence-corrected chi connectivity index (χ4v) is 2.69. The van der Waals surface area contributed by atoms with Crippen molar-refractivity contribution in [3.05, 3.63) is 35.4 Å². The number of rotatable bonds is 5. The van der Waals surface area contributed by atoms with Crippen molar-refractivity contribution in [1.29, 1.82) is 0 Å². The summed E-state index contributed by atoms with van der Waals surface area (Å²) in [7, 11) is 0. The van der Waals surface area contributed by atoms with Gasteiger partial charge < -0.3 is 15.7 Å². The van der Waals surface area contributed by atoms with Gasteiger partial charge in [0.05, 0.1) is 6.54 Å². The van der Waals surface area contributed by atoms with Crippen LogP contribution < -0.4 is 10.6 Å². The maximum absolute atomic E-state index is 10.9. The van der Waals surface area contributed by atoms with E-state index in [0.29, 0.717) is 12.5 Å². The van der Waals surface area contributed by atoms with Crippen LogP contribution in [0.4, 0.5) is 0 Å². The Kier molecular flexibility index (Phi) is 7.62. The Morgan fingerprint density at radius 1 is 1.32 bits per heavy atom. The predicted molar refractivity (Wildman–Crippen MR) is 103 cm³/mol. The summed E-state index contributed by atoms with van der Waals surface area (Å²) >= 11 is 0. The predicted octanol–water partition coefficient (Wildman–Crippen LogP) is 2.65. The van der Waals surface area contributed by atoms with Crippen LogP contribution in [0.5, 0.6) is 0 Å². The molecule has 0 radical (unpaired) electrons. The molecule has 5 heteroatoms. The lowest BCUT2D eigenvalue weighted by molar-refractivity contribution is 0.0485. The first kappa shape index (κ1) is 19.2. The van der Waals surface area contributed by atoms with Crippen LogP contribution in [0.25, 0.3) is 0 Å². The third-order valence-electron chi connectivity index (χ3n) is 3.85. The number of nitrogens with zero attached hydrogens (tertiary/aromatic N) is 1. The Morgan fingerprint density at radius 3 is 2.73 bits per heavy atom. The molecule has 0 heterocycles. The summed E-state index contributed by atoms with van der Waals surface area (Å²) in [5.74, 6) is 1.34. The smallest absolute Gasteiger partial charge is 0.191 e. The summed E-state index contributed by atoms with van der Waals surface area (Å²) in [5.41, 5.74) is 1.46. The highest BCUT2D eigenvalue weighted by Gasteiger charge is 2.36. The quantitative estimate of drug-likeness (QED) is 0.392. The van der Waals surface area contributed by atoms with Gasteiger partial charge in [-0.1, -0.05) is 38.1 Å². The number of benzene rings is 1. The van der Waals surface area contributed by atoms with Gasteiger partial charge in [-0.05, 0) is 36.8 Å². The van der Waals surface area contributed by atoms with Crippen LogP contribution in [-0.4, -0.2) is 30.7 Å². The molecule has 124 valence electrons. The Bertz CT molecular complexity index is 504. The van der Waals surface area contributed by atoms with E-state index in [4.69, 9.17) is 0 Å². The second-order valence-electron chi connectivity index (χ2n) is 6.16. The first-order valence-corrected chi connectivity index (χ1v) is 7.88. The van der Waals surface area contributed by atoms with E-state index in [1.54, 1.807) is 0 Å². The normalized spacial score (nSPS) is 20.5. The molecular formula is C17H28IN3O. The first-order chi connectivity index (χ1) is 10.0. The number of aryl methyl sites for hydroxylation is 1. The molecule has 0 fully saturated rings. The van der Waals surface area contributed by atoms with E-state index < -0.39 is 5.60 Å². The zero-order valence-electron chi connectivity index (χ0n) is 13.7. The van der Waals surface area contributed by atoms with Crippen LogP contribution in [0.1, 0.15) is 38.3 Å². The molecule has 0 amide bonds. The fraction of sp³-hybridized carbons (Fsp3) is 0.588. The number of aliphatic imine (C=N–C) groups is 1. The van der Waals surface area contributed by atoms with Crippen molar-refractivity contribution in [1.82, 2.24) is 10.6 Å². The Balaban J connectivity index is 0.00000242. The molecule has 0 saturated carbocycles. The van der Waals surface area contributed by atoms with Gasteiger partial charge in [0.25, 0.3) is 0 Å². The zero-order chi connectivity index (χ0) is 15.3. The number of nitrogens with one attached hydrogen (secondary N) is 2. The molecule has 1 unspecified atom stereocenters. The van der Waals surface area contributed by atoms with Crippen LogP contribution in [0.3, 0.4) is 0 Å². The molecule has 3 N–H and O–H groups in total. The minimum absolute atomic E-state index is 0. The van der Waals surface area contributed by atoms with E-state index in [1.165, 1.54) is 5.56 Å². The summed E-state index contributed by atoms with van der Waals surface area (Å²) in [6.07, 6.45) is 1.68. The van der Waals surface area contributed by atoms with Crippen molar-refractivity contribution in [3.8, 4) is 0 Å². The summed E-state index contributed by atoms with van der Waals surface area (Å²) in [4.78, 5) is 4.58. The van der Waals surface area contributed by atoms with Gasteiger partial charge in [-0.25, -0.2) is 4.99 Å². The largest absolute Gasteiger partial charge is 0.383 e. The number of fused-ring (bicyclic) bond motifs is 1. The highest BCUT2D eigenvalue weighted by Crippen LogP contribution is 2.36. The van der Waals surface area contributed by atoms with Crippen molar-refractivity contribution in [3.63, 3.8) is 0 Å². The van der Waals surface area contributed by atoms with Gasteiger partial charge in [0.15, 0.2) is 5.96 Å². The Morgan fingerprint density at radius 2 is 2.05 bits per heavy atom. The van der Waals surface area contributed by atoms with E-state index in [9.17, 15) is 5.11 Å². The average molecular weight is 417 g/mol. The van der Waals surface area contributed by atoms with Crippen molar-refractivity contribution >= 4 is 29.9 Å². The highest BCUT2D eigenvalue weighted by molar-refractivity contribution is 14.0. The van der Waals surface area contributed by atoms with Crippen LogP contribution in [0.2, 0.25) is 0 Å². The number of halogens is 1. The van der Waals surface area contributed by atoms with E-state index in [2.05, 4.69) is 35.5 Å². The van der Waals surface area contributed by atoms with E-state index in [0.717, 1.165) is 37.5 Å². The zero-order valence-corrected chi connectivity index (χ0v) is 16.1. The van der Waals surface area contributed by atoms with Crippen molar-refractivity contribution < 1.29 is 5.11 Å². The number of aliphatic hydroxyl groups is 1. The number of hydrogen-bond donors (Lipinski definition) is 3. The van der Waals surface area contributed by atoms with Gasteiger partial charge in [0.1, 0.15) is 5.60 Å². The van der Waals surface area contributed by atoms with Crippen LogP contribution in [0, 0.1) is 5.92 Å². The van der Waals surface area contributed by atoms with E-state index in [1.807, 2.05) is 25.1 Å². The van der Waals surface area contributed by atoms with E-state index in [-0.39, 0.29) is 24.0 Å². The van der Waals surface area contributed by atoms with Gasteiger partial charge in [0.2, 0.25) is 0 Å². The molecule has 0 aliphatic heterocycles. The maximum Gasteiger partial charge on any atom is 0.191 e. The average Bonchev–Trinajstić information content (AvgIpc) is 2.80. The standard InChI is InChI=1S/C17H27N3O.HI/c1-4-18-16(19-11-13(2)3)20-12-17(21)10-9-14-7-5-6-8-15(14)17;/h5-8,13,21H,4,9-12H2,1-3H3,(H2,18,19,20);1H. The minimum Gasteiger partial charge on any atom is -0.383 e. The van der Waals surface area contributed by atoms with Gasteiger partial charge >= 0.3 is 0 Å². The minimum atomic E-state index is -0.823. The topological polar surface area (TPSA) is 56.7 Å². The molecule has 2 rings (SSSR count). The molecular weight excluding hydrogens is 389 g/mol. The van der Waals surface area contributed by atoms with E-state index >= 15 is 0 Å². The van der Waals surface area contributed by atoms with Gasteiger partial charge in [-0.2, -0.15) is 0 Å². The lowest BCUT2D eigenvalue weighted by Gasteiger charge is -2.23. The molecule has 1 aromatic carbocycles. The summed E-state index contributed by atoms with van der Waals surface area (Å²) < 4.78 is 0. The summed E-state index contributed by atoms with van der Waals surface area (Å²) in [6.45, 7) is 8.47.